The van der Waals surface area contributed by atoms with Gasteiger partial charge in [0.25, 0.3) is 5.91 Å². The largest absolute Gasteiger partial charge is 0.454 e. The van der Waals surface area contributed by atoms with Gasteiger partial charge in [-0.15, -0.1) is 0 Å². The Balaban J connectivity index is 2.06. The number of carbonyl (C=O) groups excluding carboxylic acids is 3. The third kappa shape index (κ3) is 5.34. The van der Waals surface area contributed by atoms with Crippen LogP contribution in [0.4, 0.5) is 0 Å². The molecule has 1 aromatic carbocycles. The minimum Gasteiger partial charge on any atom is -0.454 e. The van der Waals surface area contributed by atoms with E-state index in [1.54, 1.807) is 6.20 Å². The minimum atomic E-state index is -0.858. The maximum absolute atomic E-state index is 12.3. The van der Waals surface area contributed by atoms with Crippen molar-refractivity contribution in [3.63, 3.8) is 0 Å². The third-order valence-electron chi connectivity index (χ3n) is 3.56. The van der Waals surface area contributed by atoms with Crippen molar-refractivity contribution in [1.29, 1.82) is 0 Å². The monoisotopic (exact) mass is 345 g/mol. The van der Waals surface area contributed by atoms with Crippen molar-refractivity contribution < 1.29 is 19.1 Å². The first-order valence-corrected chi connectivity index (χ1v) is 8.15. The van der Waals surface area contributed by atoms with Crippen LogP contribution in [-0.4, -0.2) is 41.5 Å². The molecule has 0 spiro atoms. The molecule has 1 atom stereocenters. The summed E-state index contributed by atoms with van der Waals surface area (Å²) in [7, 11) is 0. The predicted molar refractivity (Wildman–Crippen MR) is 93.8 cm³/mol. The van der Waals surface area contributed by atoms with Gasteiger partial charge < -0.3 is 20.4 Å². The van der Waals surface area contributed by atoms with E-state index >= 15 is 0 Å². The van der Waals surface area contributed by atoms with Gasteiger partial charge in [0.2, 0.25) is 5.91 Å². The number of para-hydroxylation sites is 1. The summed E-state index contributed by atoms with van der Waals surface area (Å²) in [6.45, 7) is 4.59. The smallest absolute Gasteiger partial charge is 0.329 e. The molecule has 25 heavy (non-hydrogen) atoms. The van der Waals surface area contributed by atoms with E-state index in [2.05, 4.69) is 15.6 Å². The highest BCUT2D eigenvalue weighted by atomic mass is 16.5. The van der Waals surface area contributed by atoms with Crippen molar-refractivity contribution in [2.45, 2.75) is 39.3 Å². The summed E-state index contributed by atoms with van der Waals surface area (Å²) in [4.78, 5) is 38.5. The summed E-state index contributed by atoms with van der Waals surface area (Å²) in [6, 6.07) is 6.79. The molecule has 134 valence electrons. The first kappa shape index (κ1) is 18.5. The molecule has 7 nitrogen and oxygen atoms in total. The van der Waals surface area contributed by atoms with Crippen LogP contribution < -0.4 is 10.6 Å². The number of nitrogens with one attached hydrogen (secondary N) is 3. The molecule has 7 heteroatoms. The van der Waals surface area contributed by atoms with Crippen molar-refractivity contribution in [2.75, 3.05) is 6.61 Å². The molecule has 0 aliphatic carbocycles. The van der Waals surface area contributed by atoms with Crippen molar-refractivity contribution in [1.82, 2.24) is 15.6 Å². The van der Waals surface area contributed by atoms with E-state index in [1.807, 2.05) is 38.1 Å². The molecule has 0 saturated carbocycles. The Labute approximate surface area is 146 Å². The number of aromatic nitrogens is 1. The van der Waals surface area contributed by atoms with Crippen LogP contribution in [-0.2, 0) is 25.5 Å². The second kappa shape index (κ2) is 8.32. The lowest BCUT2D eigenvalue weighted by atomic mass is 10.0. The average molecular weight is 345 g/mol. The molecule has 0 saturated heterocycles. The molecule has 0 bridgehead atoms. The van der Waals surface area contributed by atoms with E-state index in [-0.39, 0.29) is 30.9 Å². The van der Waals surface area contributed by atoms with Crippen LogP contribution in [0.2, 0.25) is 0 Å². The van der Waals surface area contributed by atoms with Crippen LogP contribution >= 0.6 is 0 Å². The first-order chi connectivity index (χ1) is 11.9. The summed E-state index contributed by atoms with van der Waals surface area (Å²) in [5.74, 6) is -1.36. The summed E-state index contributed by atoms with van der Waals surface area (Å²) >= 11 is 0. The number of carbonyl (C=O) groups is 3. The summed E-state index contributed by atoms with van der Waals surface area (Å²) < 4.78 is 5.05. The minimum absolute atomic E-state index is 0.0384. The summed E-state index contributed by atoms with van der Waals surface area (Å²) in [5.41, 5.74) is 1.83. The zero-order chi connectivity index (χ0) is 18.4. The number of benzene rings is 1. The Kier molecular flexibility index (Phi) is 6.16. The second-order valence-corrected chi connectivity index (χ2v) is 6.15. The Bertz CT molecular complexity index is 767. The van der Waals surface area contributed by atoms with Gasteiger partial charge in [0.05, 0.1) is 0 Å². The van der Waals surface area contributed by atoms with Crippen LogP contribution in [0.25, 0.3) is 10.9 Å². The number of hydrogen-bond acceptors (Lipinski definition) is 4. The fourth-order valence-corrected chi connectivity index (χ4v) is 2.56. The number of aromatic amines is 1. The topological polar surface area (TPSA) is 100 Å². The zero-order valence-corrected chi connectivity index (χ0v) is 14.6. The molecule has 0 fully saturated rings. The zero-order valence-electron chi connectivity index (χ0n) is 14.6. The lowest BCUT2D eigenvalue weighted by molar-refractivity contribution is -0.151. The van der Waals surface area contributed by atoms with E-state index < -0.39 is 12.0 Å². The molecular formula is C18H23N3O4. The van der Waals surface area contributed by atoms with E-state index in [0.29, 0.717) is 0 Å². The van der Waals surface area contributed by atoms with Gasteiger partial charge in [-0.1, -0.05) is 18.2 Å². The highest BCUT2D eigenvalue weighted by Crippen LogP contribution is 2.19. The number of rotatable bonds is 7. The van der Waals surface area contributed by atoms with Gasteiger partial charge in [0, 0.05) is 36.5 Å². The van der Waals surface area contributed by atoms with Crippen LogP contribution in [0.5, 0.6) is 0 Å². The number of esters is 1. The maximum atomic E-state index is 12.3. The molecular weight excluding hydrogens is 322 g/mol. The van der Waals surface area contributed by atoms with E-state index in [4.69, 9.17) is 4.74 Å². The highest BCUT2D eigenvalue weighted by molar-refractivity contribution is 5.88. The van der Waals surface area contributed by atoms with Gasteiger partial charge >= 0.3 is 5.97 Å². The van der Waals surface area contributed by atoms with Gasteiger partial charge in [-0.3, -0.25) is 9.59 Å². The van der Waals surface area contributed by atoms with Crippen molar-refractivity contribution in [3.05, 3.63) is 36.0 Å². The molecule has 3 N–H and O–H groups in total. The van der Waals surface area contributed by atoms with Gasteiger partial charge in [-0.25, -0.2) is 4.79 Å². The third-order valence-corrected chi connectivity index (χ3v) is 3.56. The molecule has 0 aliphatic rings. The standard InChI is InChI=1S/C18H23N3O4/c1-11(2)20-17(23)10-25-18(24)16(21-12(3)22)8-13-9-19-15-7-5-4-6-14(13)15/h4-7,9,11,16,19H,8,10H2,1-3H3,(H,20,23)(H,21,22)/t16-/m0/s1. The number of hydrogen-bond donors (Lipinski definition) is 3. The molecule has 1 heterocycles. The van der Waals surface area contributed by atoms with Crippen LogP contribution in [0.3, 0.4) is 0 Å². The predicted octanol–water partition coefficient (Wildman–Crippen LogP) is 1.28. The lowest BCUT2D eigenvalue weighted by Crippen LogP contribution is -2.43. The molecule has 2 aromatic rings. The van der Waals surface area contributed by atoms with E-state index in [0.717, 1.165) is 16.5 Å². The number of H-pyrrole nitrogens is 1. The normalized spacial score (nSPS) is 12.0. The molecule has 1 aromatic heterocycles. The lowest BCUT2D eigenvalue weighted by Gasteiger charge is -2.17. The molecule has 2 amide bonds. The molecule has 0 aliphatic heterocycles. The van der Waals surface area contributed by atoms with Gasteiger partial charge in [0.1, 0.15) is 6.04 Å². The van der Waals surface area contributed by atoms with Crippen LogP contribution in [0, 0.1) is 0 Å². The molecule has 2 rings (SSSR count). The van der Waals surface area contributed by atoms with Gasteiger partial charge in [-0.2, -0.15) is 0 Å². The maximum Gasteiger partial charge on any atom is 0.329 e. The second-order valence-electron chi connectivity index (χ2n) is 6.15. The highest BCUT2D eigenvalue weighted by Gasteiger charge is 2.23. The quantitative estimate of drug-likeness (QED) is 0.658. The Morgan fingerprint density at radius 3 is 2.56 bits per heavy atom. The summed E-state index contributed by atoms with van der Waals surface area (Å²) in [5, 5.41) is 6.20. The van der Waals surface area contributed by atoms with Gasteiger partial charge in [-0.05, 0) is 25.5 Å². The van der Waals surface area contributed by atoms with Crippen molar-refractivity contribution in [2.24, 2.45) is 0 Å². The summed E-state index contributed by atoms with van der Waals surface area (Å²) in [6.07, 6.45) is 2.08. The van der Waals surface area contributed by atoms with E-state index in [1.165, 1.54) is 6.92 Å². The van der Waals surface area contributed by atoms with Crippen LogP contribution in [0.1, 0.15) is 26.3 Å². The fourth-order valence-electron chi connectivity index (χ4n) is 2.56. The van der Waals surface area contributed by atoms with Crippen LogP contribution in [0.15, 0.2) is 30.5 Å². The number of amides is 2. The molecule has 0 radical (unpaired) electrons. The van der Waals surface area contributed by atoms with E-state index in [9.17, 15) is 14.4 Å². The van der Waals surface area contributed by atoms with Gasteiger partial charge in [0.15, 0.2) is 6.61 Å². The number of fused-ring (bicyclic) bond motifs is 1. The Hall–Kier alpha value is -2.83. The first-order valence-electron chi connectivity index (χ1n) is 8.15. The van der Waals surface area contributed by atoms with Crippen molar-refractivity contribution in [3.8, 4) is 0 Å². The Morgan fingerprint density at radius 2 is 1.88 bits per heavy atom. The molecule has 0 unspecified atom stereocenters. The average Bonchev–Trinajstić information content (AvgIpc) is 2.94. The van der Waals surface area contributed by atoms with Crippen molar-refractivity contribution >= 4 is 28.7 Å². The fraction of sp³-hybridized carbons (Fsp3) is 0.389. The SMILES string of the molecule is CC(=O)N[C@@H](Cc1c[nH]c2ccccc12)C(=O)OCC(=O)NC(C)C. The Morgan fingerprint density at radius 1 is 1.16 bits per heavy atom. The number of ether oxygens (including phenoxy) is 1.